The number of thiophene rings is 1. The summed E-state index contributed by atoms with van der Waals surface area (Å²) in [6.45, 7) is 1.75. The maximum absolute atomic E-state index is 11.3. The molecule has 18 heavy (non-hydrogen) atoms. The molecular formula is C12H16N2O3S. The van der Waals surface area contributed by atoms with Gasteiger partial charge in [-0.1, -0.05) is 0 Å². The van der Waals surface area contributed by atoms with Crippen LogP contribution in [0.15, 0.2) is 11.4 Å². The molecule has 1 saturated carbocycles. The maximum atomic E-state index is 11.3. The lowest BCUT2D eigenvalue weighted by molar-refractivity contribution is -0.122. The van der Waals surface area contributed by atoms with E-state index in [0.29, 0.717) is 24.5 Å². The van der Waals surface area contributed by atoms with Gasteiger partial charge in [-0.25, -0.2) is 4.79 Å². The summed E-state index contributed by atoms with van der Waals surface area (Å²) in [7, 11) is 0. The fraction of sp³-hybridized carbons (Fsp3) is 0.500. The highest BCUT2D eigenvalue weighted by atomic mass is 32.1. The summed E-state index contributed by atoms with van der Waals surface area (Å²) in [5.41, 5.74) is 0.793. The van der Waals surface area contributed by atoms with E-state index in [1.54, 1.807) is 5.38 Å². The fourth-order valence-corrected chi connectivity index (χ4v) is 2.41. The van der Waals surface area contributed by atoms with Gasteiger partial charge in [-0.2, -0.15) is 0 Å². The highest BCUT2D eigenvalue weighted by molar-refractivity contribution is 7.12. The SMILES string of the molecule is O=C(O)c1sccc1CNCCNC(=O)C1CC1. The first-order valence-electron chi connectivity index (χ1n) is 5.96. The first-order valence-corrected chi connectivity index (χ1v) is 6.84. The van der Waals surface area contributed by atoms with Gasteiger partial charge in [0.05, 0.1) is 0 Å². The predicted octanol–water partition coefficient (Wildman–Crippen LogP) is 1.06. The molecule has 0 aliphatic heterocycles. The summed E-state index contributed by atoms with van der Waals surface area (Å²) >= 11 is 1.23. The maximum Gasteiger partial charge on any atom is 0.346 e. The van der Waals surface area contributed by atoms with Crippen molar-refractivity contribution in [1.82, 2.24) is 10.6 Å². The molecule has 0 bridgehead atoms. The summed E-state index contributed by atoms with van der Waals surface area (Å²) in [6, 6.07) is 1.81. The third-order valence-corrected chi connectivity index (χ3v) is 3.75. The second-order valence-corrected chi connectivity index (χ2v) is 5.24. The van der Waals surface area contributed by atoms with E-state index in [-0.39, 0.29) is 11.8 Å². The van der Waals surface area contributed by atoms with Crippen LogP contribution in [0.4, 0.5) is 0 Å². The number of hydrogen-bond donors (Lipinski definition) is 3. The van der Waals surface area contributed by atoms with Gasteiger partial charge in [0.1, 0.15) is 4.88 Å². The summed E-state index contributed by atoms with van der Waals surface area (Å²) in [6.07, 6.45) is 2.02. The zero-order valence-corrected chi connectivity index (χ0v) is 10.8. The summed E-state index contributed by atoms with van der Waals surface area (Å²) < 4.78 is 0. The van der Waals surface area contributed by atoms with Crippen molar-refractivity contribution in [3.63, 3.8) is 0 Å². The number of amides is 1. The van der Waals surface area contributed by atoms with Crippen LogP contribution < -0.4 is 10.6 Å². The molecule has 0 spiro atoms. The van der Waals surface area contributed by atoms with E-state index < -0.39 is 5.97 Å². The van der Waals surface area contributed by atoms with E-state index in [0.717, 1.165) is 18.4 Å². The number of carboxylic acids is 1. The Labute approximate surface area is 109 Å². The zero-order valence-electron chi connectivity index (χ0n) is 9.94. The third-order valence-electron chi connectivity index (χ3n) is 2.81. The molecular weight excluding hydrogens is 252 g/mol. The third kappa shape index (κ3) is 3.54. The van der Waals surface area contributed by atoms with Crippen LogP contribution in [0.3, 0.4) is 0 Å². The second-order valence-electron chi connectivity index (χ2n) is 4.32. The first kappa shape index (κ1) is 13.0. The van der Waals surface area contributed by atoms with Crippen LogP contribution in [0, 0.1) is 5.92 Å². The summed E-state index contributed by atoms with van der Waals surface area (Å²) in [5, 5.41) is 16.7. The van der Waals surface area contributed by atoms with Gasteiger partial charge in [0.15, 0.2) is 0 Å². The van der Waals surface area contributed by atoms with Gasteiger partial charge in [0, 0.05) is 25.6 Å². The molecule has 6 heteroatoms. The highest BCUT2D eigenvalue weighted by Gasteiger charge is 2.28. The standard InChI is InChI=1S/C12H16N2O3S/c15-11(8-1-2-8)14-5-4-13-7-9-3-6-18-10(9)12(16)17/h3,6,8,13H,1-2,4-5,7H2,(H,14,15)(H,16,17). The van der Waals surface area contributed by atoms with Gasteiger partial charge in [-0.05, 0) is 29.9 Å². The van der Waals surface area contributed by atoms with Crippen molar-refractivity contribution in [1.29, 1.82) is 0 Å². The van der Waals surface area contributed by atoms with Gasteiger partial charge in [0.2, 0.25) is 5.91 Å². The molecule has 1 aromatic rings. The van der Waals surface area contributed by atoms with Crippen LogP contribution in [-0.2, 0) is 11.3 Å². The summed E-state index contributed by atoms with van der Waals surface area (Å²) in [4.78, 5) is 22.6. The van der Waals surface area contributed by atoms with Gasteiger partial charge in [-0.15, -0.1) is 11.3 Å². The Hall–Kier alpha value is -1.40. The lowest BCUT2D eigenvalue weighted by Crippen LogP contribution is -2.32. The number of nitrogens with one attached hydrogen (secondary N) is 2. The topological polar surface area (TPSA) is 78.4 Å². The molecule has 0 radical (unpaired) electrons. The van der Waals surface area contributed by atoms with E-state index in [1.807, 2.05) is 6.07 Å². The molecule has 3 N–H and O–H groups in total. The normalized spacial score (nSPS) is 14.4. The Morgan fingerprint density at radius 2 is 2.17 bits per heavy atom. The predicted molar refractivity (Wildman–Crippen MR) is 68.7 cm³/mol. The number of carboxylic acid groups (broad SMARTS) is 1. The average Bonchev–Trinajstić information content (AvgIpc) is 3.08. The van der Waals surface area contributed by atoms with Crippen molar-refractivity contribution in [2.75, 3.05) is 13.1 Å². The lowest BCUT2D eigenvalue weighted by Gasteiger charge is -2.06. The van der Waals surface area contributed by atoms with Crippen LogP contribution in [0.5, 0.6) is 0 Å². The Balaban J connectivity index is 1.64. The lowest BCUT2D eigenvalue weighted by atomic mass is 10.2. The van der Waals surface area contributed by atoms with Gasteiger partial charge in [0.25, 0.3) is 0 Å². The highest BCUT2D eigenvalue weighted by Crippen LogP contribution is 2.28. The van der Waals surface area contributed by atoms with Crippen molar-refractivity contribution in [3.8, 4) is 0 Å². The number of rotatable bonds is 7. The number of carbonyl (C=O) groups excluding carboxylic acids is 1. The fourth-order valence-electron chi connectivity index (χ4n) is 1.65. The number of aromatic carboxylic acids is 1. The van der Waals surface area contributed by atoms with Crippen LogP contribution in [-0.4, -0.2) is 30.1 Å². The Morgan fingerprint density at radius 3 is 2.83 bits per heavy atom. The average molecular weight is 268 g/mol. The Morgan fingerprint density at radius 1 is 1.39 bits per heavy atom. The minimum atomic E-state index is -0.885. The molecule has 1 aliphatic carbocycles. The van der Waals surface area contributed by atoms with E-state index in [2.05, 4.69) is 10.6 Å². The molecule has 1 amide bonds. The first-order chi connectivity index (χ1) is 8.68. The molecule has 2 rings (SSSR count). The minimum Gasteiger partial charge on any atom is -0.477 e. The van der Waals surface area contributed by atoms with Gasteiger partial charge in [-0.3, -0.25) is 4.79 Å². The molecule has 1 aromatic heterocycles. The van der Waals surface area contributed by atoms with Crippen LogP contribution in [0.1, 0.15) is 28.1 Å². The van der Waals surface area contributed by atoms with Crippen molar-refractivity contribution in [2.45, 2.75) is 19.4 Å². The van der Waals surface area contributed by atoms with Crippen LogP contribution in [0.2, 0.25) is 0 Å². The van der Waals surface area contributed by atoms with Crippen molar-refractivity contribution in [3.05, 3.63) is 21.9 Å². The monoisotopic (exact) mass is 268 g/mol. The molecule has 0 aromatic carbocycles. The molecule has 0 saturated heterocycles. The van der Waals surface area contributed by atoms with E-state index in [1.165, 1.54) is 11.3 Å². The van der Waals surface area contributed by atoms with Crippen LogP contribution in [0.25, 0.3) is 0 Å². The largest absolute Gasteiger partial charge is 0.477 e. The smallest absolute Gasteiger partial charge is 0.346 e. The Kier molecular flexibility index (Phi) is 4.33. The molecule has 1 heterocycles. The number of hydrogen-bond acceptors (Lipinski definition) is 4. The van der Waals surface area contributed by atoms with Crippen molar-refractivity contribution < 1.29 is 14.7 Å². The molecule has 0 unspecified atom stereocenters. The van der Waals surface area contributed by atoms with E-state index in [4.69, 9.17) is 5.11 Å². The molecule has 5 nitrogen and oxygen atoms in total. The van der Waals surface area contributed by atoms with Crippen molar-refractivity contribution >= 4 is 23.2 Å². The number of carbonyl (C=O) groups is 2. The molecule has 1 aliphatic rings. The van der Waals surface area contributed by atoms with Crippen LogP contribution >= 0.6 is 11.3 Å². The zero-order chi connectivity index (χ0) is 13.0. The van der Waals surface area contributed by atoms with Gasteiger partial charge >= 0.3 is 5.97 Å². The summed E-state index contributed by atoms with van der Waals surface area (Å²) in [5.74, 6) is -0.511. The molecule has 1 fully saturated rings. The molecule has 98 valence electrons. The molecule has 0 atom stereocenters. The Bertz CT molecular complexity index is 440. The quantitative estimate of drug-likeness (QED) is 0.646. The second kappa shape index (κ2) is 5.97. The minimum absolute atomic E-state index is 0.138. The van der Waals surface area contributed by atoms with Crippen molar-refractivity contribution in [2.24, 2.45) is 5.92 Å². The van der Waals surface area contributed by atoms with E-state index in [9.17, 15) is 9.59 Å². The van der Waals surface area contributed by atoms with E-state index >= 15 is 0 Å². The van der Waals surface area contributed by atoms with Gasteiger partial charge < -0.3 is 15.7 Å².